The molecule has 0 fully saturated rings. The molecule has 2 heterocycles. The van der Waals surface area contributed by atoms with Gasteiger partial charge in [0.15, 0.2) is 5.76 Å². The van der Waals surface area contributed by atoms with Gasteiger partial charge in [-0.15, -0.1) is 0 Å². The predicted octanol–water partition coefficient (Wildman–Crippen LogP) is 5.66. The number of nitrogens with zero attached hydrogens (tertiary/aromatic N) is 2. The van der Waals surface area contributed by atoms with E-state index in [0.29, 0.717) is 22.4 Å². The average molecular weight is 426 g/mol. The Morgan fingerprint density at radius 2 is 1.97 bits per heavy atom. The number of aromatic nitrogens is 1. The fourth-order valence-electron chi connectivity index (χ4n) is 3.12. The van der Waals surface area contributed by atoms with Crippen molar-refractivity contribution in [1.29, 1.82) is 0 Å². The molecule has 2 aromatic heterocycles. The third kappa shape index (κ3) is 4.21. The standard InChI is InChI=1S/C22H17Cl2N3O2/c1-14-6-9-21(29-14)22(28)26-25-11-16-13-27(20-5-3-2-4-17(16)20)12-15-7-8-18(23)19(24)10-15/h2-11,13H,12H2,1H3,(H,26,28)/b25-11+. The summed E-state index contributed by atoms with van der Waals surface area (Å²) in [6.45, 7) is 2.41. The highest BCUT2D eigenvalue weighted by atomic mass is 35.5. The molecule has 1 N–H and O–H groups in total. The number of carbonyl (C=O) groups excluding carboxylic acids is 1. The molecule has 1 amide bonds. The molecule has 0 spiro atoms. The number of rotatable bonds is 5. The van der Waals surface area contributed by atoms with Crippen molar-refractivity contribution in [1.82, 2.24) is 9.99 Å². The minimum atomic E-state index is -0.395. The van der Waals surface area contributed by atoms with Crippen molar-refractivity contribution in [2.45, 2.75) is 13.5 Å². The van der Waals surface area contributed by atoms with E-state index in [0.717, 1.165) is 22.0 Å². The molecule has 0 saturated carbocycles. The van der Waals surface area contributed by atoms with Crippen molar-refractivity contribution in [2.24, 2.45) is 5.10 Å². The first-order valence-corrected chi connectivity index (χ1v) is 9.68. The van der Waals surface area contributed by atoms with Gasteiger partial charge in [0.25, 0.3) is 0 Å². The van der Waals surface area contributed by atoms with Crippen molar-refractivity contribution in [3.8, 4) is 0 Å². The largest absolute Gasteiger partial charge is 0.456 e. The number of para-hydroxylation sites is 1. The van der Waals surface area contributed by atoms with Crippen molar-refractivity contribution in [2.75, 3.05) is 0 Å². The van der Waals surface area contributed by atoms with Crippen LogP contribution in [0.2, 0.25) is 10.0 Å². The molecule has 0 saturated heterocycles. The number of hydrogen-bond donors (Lipinski definition) is 1. The lowest BCUT2D eigenvalue weighted by molar-refractivity contribution is 0.0926. The number of furan rings is 1. The smallest absolute Gasteiger partial charge is 0.307 e. The molecule has 0 unspecified atom stereocenters. The van der Waals surface area contributed by atoms with Gasteiger partial charge in [-0.2, -0.15) is 5.10 Å². The molecule has 4 rings (SSSR count). The fraction of sp³-hybridized carbons (Fsp3) is 0.0909. The van der Waals surface area contributed by atoms with Crippen LogP contribution < -0.4 is 5.43 Å². The lowest BCUT2D eigenvalue weighted by Gasteiger charge is -2.06. The molecule has 2 aromatic carbocycles. The Bertz CT molecular complexity index is 1220. The van der Waals surface area contributed by atoms with E-state index in [9.17, 15) is 4.79 Å². The van der Waals surface area contributed by atoms with Crippen LogP contribution in [-0.4, -0.2) is 16.7 Å². The highest BCUT2D eigenvalue weighted by molar-refractivity contribution is 6.42. The predicted molar refractivity (Wildman–Crippen MR) is 116 cm³/mol. The second-order valence-corrected chi connectivity index (χ2v) is 7.40. The summed E-state index contributed by atoms with van der Waals surface area (Å²) in [7, 11) is 0. The molecule has 4 aromatic rings. The Balaban J connectivity index is 1.58. The number of hydrogen-bond acceptors (Lipinski definition) is 3. The summed E-state index contributed by atoms with van der Waals surface area (Å²) in [4.78, 5) is 12.1. The Labute approximate surface area is 177 Å². The maximum Gasteiger partial charge on any atom is 0.307 e. The summed E-state index contributed by atoms with van der Waals surface area (Å²) in [6, 6.07) is 16.9. The van der Waals surface area contributed by atoms with Crippen molar-refractivity contribution in [3.05, 3.63) is 93.5 Å². The van der Waals surface area contributed by atoms with E-state index in [1.807, 2.05) is 42.6 Å². The van der Waals surface area contributed by atoms with Crippen LogP contribution in [0.1, 0.15) is 27.4 Å². The summed E-state index contributed by atoms with van der Waals surface area (Å²) < 4.78 is 7.40. The first-order valence-electron chi connectivity index (χ1n) is 8.93. The van der Waals surface area contributed by atoms with E-state index in [1.165, 1.54) is 0 Å². The van der Waals surface area contributed by atoms with Crippen LogP contribution in [0.3, 0.4) is 0 Å². The van der Waals surface area contributed by atoms with Gasteiger partial charge >= 0.3 is 5.91 Å². The van der Waals surface area contributed by atoms with Gasteiger partial charge in [0.05, 0.1) is 16.3 Å². The summed E-state index contributed by atoms with van der Waals surface area (Å²) in [5.41, 5.74) is 5.46. The van der Waals surface area contributed by atoms with Gasteiger partial charge in [0.1, 0.15) is 5.76 Å². The second-order valence-electron chi connectivity index (χ2n) is 6.59. The Morgan fingerprint density at radius 3 is 2.72 bits per heavy atom. The highest BCUT2D eigenvalue weighted by Gasteiger charge is 2.10. The Morgan fingerprint density at radius 1 is 1.14 bits per heavy atom. The highest BCUT2D eigenvalue weighted by Crippen LogP contribution is 2.25. The monoisotopic (exact) mass is 425 g/mol. The third-order valence-electron chi connectivity index (χ3n) is 4.49. The number of fused-ring (bicyclic) bond motifs is 1. The Kier molecular flexibility index (Phi) is 5.43. The van der Waals surface area contributed by atoms with Crippen LogP contribution in [0.4, 0.5) is 0 Å². The number of nitrogens with one attached hydrogen (secondary N) is 1. The first-order chi connectivity index (χ1) is 14.0. The zero-order valence-electron chi connectivity index (χ0n) is 15.5. The lowest BCUT2D eigenvalue weighted by atomic mass is 10.2. The normalized spacial score (nSPS) is 11.4. The summed E-state index contributed by atoms with van der Waals surface area (Å²) >= 11 is 12.2. The quantitative estimate of drug-likeness (QED) is 0.331. The SMILES string of the molecule is Cc1ccc(C(=O)N/N=C/c2cn(Cc3ccc(Cl)c(Cl)c3)c3ccccc23)o1. The molecule has 0 aliphatic heterocycles. The van der Waals surface area contributed by atoms with Crippen molar-refractivity contribution in [3.63, 3.8) is 0 Å². The van der Waals surface area contributed by atoms with Gasteiger partial charge in [-0.25, -0.2) is 5.43 Å². The zero-order valence-corrected chi connectivity index (χ0v) is 17.0. The van der Waals surface area contributed by atoms with Gasteiger partial charge in [-0.3, -0.25) is 4.79 Å². The molecule has 0 atom stereocenters. The van der Waals surface area contributed by atoms with E-state index in [1.54, 1.807) is 31.3 Å². The lowest BCUT2D eigenvalue weighted by Crippen LogP contribution is -2.16. The van der Waals surface area contributed by atoms with Crippen LogP contribution in [-0.2, 0) is 6.54 Å². The minimum absolute atomic E-state index is 0.224. The van der Waals surface area contributed by atoms with Gasteiger partial charge in [0, 0.05) is 29.2 Å². The molecule has 146 valence electrons. The van der Waals surface area contributed by atoms with E-state index in [4.69, 9.17) is 27.6 Å². The summed E-state index contributed by atoms with van der Waals surface area (Å²) in [5, 5.41) is 6.17. The third-order valence-corrected chi connectivity index (χ3v) is 5.23. The average Bonchev–Trinajstić information content (AvgIpc) is 3.29. The molecular weight excluding hydrogens is 409 g/mol. The van der Waals surface area contributed by atoms with Gasteiger partial charge in [-0.1, -0.05) is 47.5 Å². The van der Waals surface area contributed by atoms with E-state index < -0.39 is 5.91 Å². The maximum absolute atomic E-state index is 12.1. The molecular formula is C22H17Cl2N3O2. The summed E-state index contributed by atoms with van der Waals surface area (Å²) in [5.74, 6) is 0.500. The van der Waals surface area contributed by atoms with E-state index in [2.05, 4.69) is 15.1 Å². The number of aryl methyl sites for hydroxylation is 1. The van der Waals surface area contributed by atoms with E-state index in [-0.39, 0.29) is 5.76 Å². The van der Waals surface area contributed by atoms with Gasteiger partial charge < -0.3 is 8.98 Å². The van der Waals surface area contributed by atoms with Crippen molar-refractivity contribution >= 4 is 46.2 Å². The van der Waals surface area contributed by atoms with Crippen LogP contribution in [0.5, 0.6) is 0 Å². The molecule has 0 radical (unpaired) electrons. The van der Waals surface area contributed by atoms with Crippen molar-refractivity contribution < 1.29 is 9.21 Å². The van der Waals surface area contributed by atoms with E-state index >= 15 is 0 Å². The molecule has 5 nitrogen and oxygen atoms in total. The second kappa shape index (κ2) is 8.15. The van der Waals surface area contributed by atoms with Crippen LogP contribution in [0, 0.1) is 6.92 Å². The molecule has 0 aliphatic carbocycles. The van der Waals surface area contributed by atoms with Gasteiger partial charge in [0.2, 0.25) is 0 Å². The van der Waals surface area contributed by atoms with Gasteiger partial charge in [-0.05, 0) is 42.8 Å². The molecule has 0 bridgehead atoms. The molecule has 0 aliphatic rings. The number of hydrazone groups is 1. The first kappa shape index (κ1) is 19.3. The number of amides is 1. The van der Waals surface area contributed by atoms with Crippen LogP contribution >= 0.6 is 23.2 Å². The minimum Gasteiger partial charge on any atom is -0.456 e. The number of carbonyl (C=O) groups is 1. The maximum atomic E-state index is 12.1. The number of benzene rings is 2. The zero-order chi connectivity index (χ0) is 20.4. The summed E-state index contributed by atoms with van der Waals surface area (Å²) in [6.07, 6.45) is 3.61. The van der Waals surface area contributed by atoms with Crippen LogP contribution in [0.15, 0.2) is 70.3 Å². The Hall–Kier alpha value is -3.02. The fourth-order valence-corrected chi connectivity index (χ4v) is 3.44. The molecule has 7 heteroatoms. The number of halogens is 2. The van der Waals surface area contributed by atoms with Crippen LogP contribution in [0.25, 0.3) is 10.9 Å². The topological polar surface area (TPSA) is 59.5 Å². The molecule has 29 heavy (non-hydrogen) atoms.